The number of aromatic amines is 2. The third-order valence-corrected chi connectivity index (χ3v) is 13.4. The van der Waals surface area contributed by atoms with E-state index in [1.165, 1.54) is 19.8 Å². The average Bonchev–Trinajstić information content (AvgIpc) is 4.11. The van der Waals surface area contributed by atoms with Gasteiger partial charge in [0.2, 0.25) is 11.8 Å². The molecule has 0 radical (unpaired) electrons. The van der Waals surface area contributed by atoms with Gasteiger partial charge in [-0.1, -0.05) is 70.7 Å². The minimum atomic E-state index is -0.746. The molecule has 3 fully saturated rings. The number of aryl methyl sites for hydroxylation is 2. The van der Waals surface area contributed by atoms with Crippen molar-refractivity contribution in [2.24, 2.45) is 17.8 Å². The predicted molar refractivity (Wildman–Crippen MR) is 231 cm³/mol. The van der Waals surface area contributed by atoms with Crippen LogP contribution in [0.1, 0.15) is 88.4 Å². The number of methoxy groups -OCH3 is 2. The molecule has 2 aliphatic heterocycles. The van der Waals surface area contributed by atoms with E-state index in [-0.39, 0.29) is 35.7 Å². The highest BCUT2D eigenvalue weighted by atomic mass is 16.5. The molecule has 4 aliphatic rings. The first-order chi connectivity index (χ1) is 29.3. The number of carbonyl (C=O) groups excluding carboxylic acids is 4. The van der Waals surface area contributed by atoms with E-state index in [0.29, 0.717) is 24.7 Å². The van der Waals surface area contributed by atoms with Gasteiger partial charge in [0.05, 0.1) is 37.0 Å². The SMILES string of the molecule is C=C1CCN(C(=O)C(NC(=O)OC)C(C)C)C1c1nc2c(ccc3cc(-c4ccc5c(c4)CCc4[nH]c(C6C7CCC(C7)N6C(=O)C(NC(=O)OC)C(C)C)nc4-5)ccc32)[nH]1. The predicted octanol–water partition coefficient (Wildman–Crippen LogP) is 7.51. The minimum Gasteiger partial charge on any atom is -0.453 e. The second-order valence-corrected chi connectivity index (χ2v) is 17.8. The number of ether oxygens (including phenoxy) is 2. The first kappa shape index (κ1) is 40.2. The zero-order valence-electron chi connectivity index (χ0n) is 35.6. The molecule has 4 N–H and O–H groups in total. The van der Waals surface area contributed by atoms with Crippen LogP contribution in [0.2, 0.25) is 0 Å². The normalized spacial score (nSPS) is 21.5. The number of fused-ring (bicyclic) bond motifs is 8. The van der Waals surface area contributed by atoms with Gasteiger partial charge in [0.25, 0.3) is 0 Å². The van der Waals surface area contributed by atoms with E-state index in [1.807, 2.05) is 38.7 Å². The number of piperidine rings is 1. The Labute approximate surface area is 354 Å². The molecule has 0 spiro atoms. The maximum absolute atomic E-state index is 14.1. The van der Waals surface area contributed by atoms with Gasteiger partial charge >= 0.3 is 12.2 Å². The summed E-state index contributed by atoms with van der Waals surface area (Å²) in [6.07, 6.45) is 4.02. The Morgan fingerprint density at radius 2 is 1.51 bits per heavy atom. The van der Waals surface area contributed by atoms with Gasteiger partial charge in [0.1, 0.15) is 29.8 Å². The van der Waals surface area contributed by atoms with Gasteiger partial charge in [-0.2, -0.15) is 0 Å². The fraction of sp³-hybridized carbons (Fsp3) is 0.447. The molecule has 318 valence electrons. The summed E-state index contributed by atoms with van der Waals surface area (Å²) in [7, 11) is 2.60. The summed E-state index contributed by atoms with van der Waals surface area (Å²) in [5.74, 6) is 1.27. The lowest BCUT2D eigenvalue weighted by molar-refractivity contribution is -0.139. The Kier molecular flexibility index (Phi) is 10.4. The molecule has 4 amide bonds. The Hall–Kier alpha value is -6.18. The fourth-order valence-electron chi connectivity index (χ4n) is 10.3. The number of carbonyl (C=O) groups is 4. The van der Waals surface area contributed by atoms with Crippen molar-refractivity contribution in [1.82, 2.24) is 40.4 Å². The zero-order chi connectivity index (χ0) is 42.9. The second-order valence-electron chi connectivity index (χ2n) is 17.8. The van der Waals surface area contributed by atoms with E-state index in [2.05, 4.69) is 69.6 Å². The van der Waals surface area contributed by atoms with E-state index in [0.717, 1.165) is 93.4 Å². The number of alkyl carbamates (subject to hydrolysis) is 2. The zero-order valence-corrected chi connectivity index (χ0v) is 35.6. The summed E-state index contributed by atoms with van der Waals surface area (Å²) >= 11 is 0. The molecule has 14 heteroatoms. The molecule has 5 aromatic rings. The van der Waals surface area contributed by atoms with E-state index < -0.39 is 30.3 Å². The van der Waals surface area contributed by atoms with Crippen LogP contribution in [-0.2, 0) is 31.9 Å². The van der Waals surface area contributed by atoms with Crippen LogP contribution in [0, 0.1) is 17.8 Å². The third kappa shape index (κ3) is 6.99. The maximum Gasteiger partial charge on any atom is 0.407 e. The van der Waals surface area contributed by atoms with Crippen molar-refractivity contribution in [3.63, 3.8) is 0 Å². The Balaban J connectivity index is 0.973. The number of imidazole rings is 2. The molecule has 61 heavy (non-hydrogen) atoms. The number of amides is 4. The number of likely N-dealkylation sites (tertiary alicyclic amines) is 2. The Morgan fingerprint density at radius 3 is 2.23 bits per heavy atom. The van der Waals surface area contributed by atoms with Crippen LogP contribution >= 0.6 is 0 Å². The van der Waals surface area contributed by atoms with Gasteiger partial charge in [-0.05, 0) is 96.1 Å². The number of benzene rings is 3. The Bertz CT molecular complexity index is 2590. The van der Waals surface area contributed by atoms with Crippen molar-refractivity contribution in [3.8, 4) is 22.4 Å². The maximum atomic E-state index is 14.1. The molecule has 3 aromatic carbocycles. The van der Waals surface area contributed by atoms with Crippen molar-refractivity contribution in [3.05, 3.63) is 83.6 Å². The van der Waals surface area contributed by atoms with Crippen LogP contribution in [0.5, 0.6) is 0 Å². The molecular weight excluding hydrogens is 773 g/mol. The molecule has 1 saturated carbocycles. The summed E-state index contributed by atoms with van der Waals surface area (Å²) < 4.78 is 9.66. The first-order valence-electron chi connectivity index (χ1n) is 21.5. The third-order valence-electron chi connectivity index (χ3n) is 13.4. The molecule has 6 atom stereocenters. The van der Waals surface area contributed by atoms with Gasteiger partial charge in [0, 0.05) is 29.2 Å². The lowest BCUT2D eigenvalue weighted by Crippen LogP contribution is -2.54. The van der Waals surface area contributed by atoms with Crippen molar-refractivity contribution >= 4 is 45.8 Å². The summed E-state index contributed by atoms with van der Waals surface area (Å²) in [6.45, 7) is 12.5. The van der Waals surface area contributed by atoms with Crippen molar-refractivity contribution in [2.45, 2.75) is 96.4 Å². The number of hydrogen-bond acceptors (Lipinski definition) is 8. The van der Waals surface area contributed by atoms with Gasteiger partial charge in [-0.15, -0.1) is 0 Å². The molecule has 6 unspecified atom stereocenters. The van der Waals surface area contributed by atoms with Gasteiger partial charge in [-0.25, -0.2) is 19.6 Å². The summed E-state index contributed by atoms with van der Waals surface area (Å²) in [5, 5.41) is 7.54. The number of H-pyrrole nitrogens is 2. The molecule has 2 bridgehead atoms. The monoisotopic (exact) mass is 826 g/mol. The first-order valence-corrected chi connectivity index (χ1v) is 21.5. The van der Waals surface area contributed by atoms with Crippen LogP contribution in [0.25, 0.3) is 44.2 Å². The smallest absolute Gasteiger partial charge is 0.407 e. The average molecular weight is 827 g/mol. The number of nitrogens with one attached hydrogen (secondary N) is 4. The number of rotatable bonds is 9. The highest BCUT2D eigenvalue weighted by Crippen LogP contribution is 2.51. The van der Waals surface area contributed by atoms with Crippen molar-refractivity contribution in [2.75, 3.05) is 20.8 Å². The molecule has 14 nitrogen and oxygen atoms in total. The van der Waals surface area contributed by atoms with E-state index >= 15 is 0 Å². The number of nitrogens with zero attached hydrogens (tertiary/aromatic N) is 4. The summed E-state index contributed by atoms with van der Waals surface area (Å²) in [6, 6.07) is 15.3. The van der Waals surface area contributed by atoms with E-state index in [4.69, 9.17) is 19.4 Å². The standard InChI is InChI=1S/C47H54N8O6/c1-23(2)36(52-46(58)60-6)44(56)54-19-18-25(5)40(54)42-48-34-16-11-28-20-26(9-14-32(28)38(34)50-42)27-10-15-33-29(21-27)12-17-35-39(33)51-43(49-35)41-30-8-13-31(22-30)55(41)45(57)37(24(3)4)53-47(59)61-7/h9-11,14-16,20-21,23-24,30-31,36-37,40-41H,5,8,12-13,17-19,22H2,1-4,6-7H3,(H,48,50)(H,49,51)(H,52,58)(H,53,59). The second kappa shape index (κ2) is 15.7. The topological polar surface area (TPSA) is 175 Å². The van der Waals surface area contributed by atoms with Gasteiger partial charge < -0.3 is 39.9 Å². The van der Waals surface area contributed by atoms with Crippen LogP contribution in [0.4, 0.5) is 9.59 Å². The number of hydrogen-bond donors (Lipinski definition) is 4. The molecule has 2 aromatic heterocycles. The Morgan fingerprint density at radius 1 is 0.803 bits per heavy atom. The van der Waals surface area contributed by atoms with Gasteiger partial charge in [-0.3, -0.25) is 9.59 Å². The summed E-state index contributed by atoms with van der Waals surface area (Å²) in [5.41, 5.74) is 9.17. The van der Waals surface area contributed by atoms with E-state index in [1.54, 1.807) is 4.90 Å². The van der Waals surface area contributed by atoms with Crippen LogP contribution in [0.15, 0.2) is 60.7 Å². The highest BCUT2D eigenvalue weighted by molar-refractivity contribution is 6.05. The van der Waals surface area contributed by atoms with Crippen LogP contribution in [0.3, 0.4) is 0 Å². The fourth-order valence-corrected chi connectivity index (χ4v) is 10.3. The van der Waals surface area contributed by atoms with Crippen molar-refractivity contribution < 1.29 is 28.7 Å². The van der Waals surface area contributed by atoms with Crippen molar-refractivity contribution in [1.29, 1.82) is 0 Å². The highest BCUT2D eigenvalue weighted by Gasteiger charge is 2.52. The van der Waals surface area contributed by atoms with Crippen LogP contribution < -0.4 is 10.6 Å². The largest absolute Gasteiger partial charge is 0.453 e. The molecular formula is C47H54N8O6. The van der Waals surface area contributed by atoms with E-state index in [9.17, 15) is 19.2 Å². The quantitative estimate of drug-likeness (QED) is 0.111. The lowest BCUT2D eigenvalue weighted by atomic mass is 9.89. The molecule has 9 rings (SSSR count). The lowest BCUT2D eigenvalue weighted by Gasteiger charge is -2.37. The molecule has 2 aliphatic carbocycles. The summed E-state index contributed by atoms with van der Waals surface area (Å²) in [4.78, 5) is 73.5. The molecule has 4 heterocycles. The van der Waals surface area contributed by atoms with Gasteiger partial charge in [0.15, 0.2) is 0 Å². The minimum absolute atomic E-state index is 0.0784. The number of aromatic nitrogens is 4. The molecule has 2 saturated heterocycles. The van der Waals surface area contributed by atoms with Crippen LogP contribution in [-0.4, -0.2) is 92.6 Å².